The van der Waals surface area contributed by atoms with Gasteiger partial charge in [0.05, 0.1) is 5.60 Å². The number of rotatable bonds is 2. The summed E-state index contributed by atoms with van der Waals surface area (Å²) in [5.41, 5.74) is 6.28. The second-order valence-electron chi connectivity index (χ2n) is 6.56. The summed E-state index contributed by atoms with van der Waals surface area (Å²) in [6.07, 6.45) is 8.11. The maximum atomic E-state index is 10.6. The average Bonchev–Trinajstić information content (AvgIpc) is 2.12. The second kappa shape index (κ2) is 3.86. The largest absolute Gasteiger partial charge is 1.00 e. The third-order valence-corrected chi connectivity index (χ3v) is 5.30. The molecule has 0 aromatic rings. The Hall–Kier alpha value is 0.210. The molecular weight excluding hydrogens is 222 g/mol. The first kappa shape index (κ1) is 12.7. The van der Waals surface area contributed by atoms with Crippen LogP contribution in [0.4, 0.5) is 0 Å². The molecule has 3 N–H and O–H groups in total. The lowest BCUT2D eigenvalue weighted by molar-refractivity contribution is -0.170. The Kier molecular flexibility index (Phi) is 3.05. The van der Waals surface area contributed by atoms with Crippen LogP contribution in [0.2, 0.25) is 0 Å². The summed E-state index contributed by atoms with van der Waals surface area (Å²) in [4.78, 5) is 0. The number of aliphatic hydroxyl groups is 1. The van der Waals surface area contributed by atoms with Crippen molar-refractivity contribution in [3.8, 4) is 0 Å². The molecular formula is C13H23ClNO-. The van der Waals surface area contributed by atoms with Crippen LogP contribution in [0.5, 0.6) is 0 Å². The molecule has 0 aromatic carbocycles. The molecule has 0 amide bonds. The van der Waals surface area contributed by atoms with E-state index in [1.165, 1.54) is 19.3 Å². The van der Waals surface area contributed by atoms with Crippen molar-refractivity contribution in [3.63, 3.8) is 0 Å². The molecule has 4 aliphatic rings. The van der Waals surface area contributed by atoms with Crippen LogP contribution in [-0.4, -0.2) is 16.7 Å². The molecule has 4 aliphatic carbocycles. The lowest BCUT2D eigenvalue weighted by Crippen LogP contribution is -3.00. The molecule has 4 rings (SSSR count). The lowest BCUT2D eigenvalue weighted by Gasteiger charge is -2.62. The van der Waals surface area contributed by atoms with Gasteiger partial charge in [0.15, 0.2) is 0 Å². The smallest absolute Gasteiger partial charge is 0.0659 e. The Morgan fingerprint density at radius 3 is 2.25 bits per heavy atom. The van der Waals surface area contributed by atoms with E-state index in [1.807, 2.05) is 0 Å². The molecule has 2 nitrogen and oxygen atoms in total. The number of hydrogen-bond donors (Lipinski definition) is 2. The highest BCUT2D eigenvalue weighted by molar-refractivity contribution is 5.10. The first-order valence-corrected chi connectivity index (χ1v) is 6.53. The minimum absolute atomic E-state index is 0. The van der Waals surface area contributed by atoms with E-state index in [-0.39, 0.29) is 18.0 Å². The van der Waals surface area contributed by atoms with Gasteiger partial charge in [-0.2, -0.15) is 0 Å². The fraction of sp³-hybridized carbons (Fsp3) is 1.00. The molecule has 0 aliphatic heterocycles. The van der Waals surface area contributed by atoms with Gasteiger partial charge in [0.1, 0.15) is 0 Å². The Balaban J connectivity index is 0.000000963. The Labute approximate surface area is 104 Å². The first-order chi connectivity index (χ1) is 7.05. The Morgan fingerprint density at radius 1 is 1.25 bits per heavy atom. The van der Waals surface area contributed by atoms with Crippen molar-refractivity contribution >= 4 is 0 Å². The quantitative estimate of drug-likeness (QED) is 0.659. The number of nitrogens with two attached hydrogens (primary N) is 1. The highest BCUT2D eigenvalue weighted by Crippen LogP contribution is 2.62. The van der Waals surface area contributed by atoms with Crippen molar-refractivity contribution in [2.24, 2.45) is 23.0 Å². The summed E-state index contributed by atoms with van der Waals surface area (Å²) in [5.74, 6) is 1.54. The topological polar surface area (TPSA) is 46.2 Å². The van der Waals surface area contributed by atoms with Gasteiger partial charge in [0, 0.05) is 6.04 Å². The standard InChI is InChI=1S/C13H23NO.ClH/c1-2-11(14)12-4-9-3-10(5-12)7-13(15,6-9)8-12;/h9-11,15H,2-8,14H2,1H3;1H/p-1. The van der Waals surface area contributed by atoms with E-state index in [0.717, 1.165) is 37.5 Å². The number of hydrogen-bond acceptors (Lipinski definition) is 2. The van der Waals surface area contributed by atoms with Crippen molar-refractivity contribution in [1.82, 2.24) is 0 Å². The summed E-state index contributed by atoms with van der Waals surface area (Å²) >= 11 is 0. The molecule has 3 unspecified atom stereocenters. The minimum Gasteiger partial charge on any atom is -1.00 e. The van der Waals surface area contributed by atoms with Gasteiger partial charge in [-0.3, -0.25) is 0 Å². The molecule has 0 heterocycles. The molecule has 3 atom stereocenters. The van der Waals surface area contributed by atoms with Crippen LogP contribution in [0, 0.1) is 17.3 Å². The van der Waals surface area contributed by atoms with Crippen LogP contribution in [0.15, 0.2) is 0 Å². The average molecular weight is 245 g/mol. The third-order valence-electron chi connectivity index (χ3n) is 5.30. The van der Waals surface area contributed by atoms with Gasteiger partial charge in [-0.15, -0.1) is 0 Å². The van der Waals surface area contributed by atoms with Crippen LogP contribution in [-0.2, 0) is 0 Å². The van der Waals surface area contributed by atoms with Gasteiger partial charge in [-0.05, 0) is 62.2 Å². The highest BCUT2D eigenvalue weighted by atomic mass is 35.5. The van der Waals surface area contributed by atoms with E-state index in [1.54, 1.807) is 0 Å². The molecule has 94 valence electrons. The molecule has 0 radical (unpaired) electrons. The van der Waals surface area contributed by atoms with E-state index >= 15 is 0 Å². The fourth-order valence-electron chi connectivity index (χ4n) is 5.15. The molecule has 0 saturated heterocycles. The molecule has 4 saturated carbocycles. The zero-order valence-corrected chi connectivity index (χ0v) is 10.8. The molecule has 0 aromatic heterocycles. The van der Waals surface area contributed by atoms with Crippen LogP contribution in [0.3, 0.4) is 0 Å². The molecule has 16 heavy (non-hydrogen) atoms. The van der Waals surface area contributed by atoms with Crippen molar-refractivity contribution in [2.75, 3.05) is 0 Å². The summed E-state index contributed by atoms with van der Waals surface area (Å²) in [6.45, 7) is 2.19. The normalized spacial score (nSPS) is 51.2. The van der Waals surface area contributed by atoms with Gasteiger partial charge >= 0.3 is 0 Å². The lowest BCUT2D eigenvalue weighted by atomic mass is 9.46. The van der Waals surface area contributed by atoms with Gasteiger partial charge in [-0.1, -0.05) is 6.92 Å². The van der Waals surface area contributed by atoms with Gasteiger partial charge < -0.3 is 23.2 Å². The minimum atomic E-state index is -0.336. The second-order valence-corrected chi connectivity index (χ2v) is 6.56. The molecule has 4 bridgehead atoms. The monoisotopic (exact) mass is 244 g/mol. The van der Waals surface area contributed by atoms with Crippen LogP contribution in [0.25, 0.3) is 0 Å². The number of halogens is 1. The van der Waals surface area contributed by atoms with E-state index in [0.29, 0.717) is 11.5 Å². The van der Waals surface area contributed by atoms with Gasteiger partial charge in [-0.25, -0.2) is 0 Å². The van der Waals surface area contributed by atoms with Crippen LogP contribution in [0.1, 0.15) is 51.9 Å². The molecule has 3 heteroatoms. The summed E-state index contributed by atoms with van der Waals surface area (Å²) < 4.78 is 0. The van der Waals surface area contributed by atoms with Crippen LogP contribution < -0.4 is 18.1 Å². The Bertz CT molecular complexity index is 267. The molecule has 4 fully saturated rings. The zero-order chi connectivity index (χ0) is 10.7. The summed E-state index contributed by atoms with van der Waals surface area (Å²) in [6, 6.07) is 0.315. The predicted octanol–water partition coefficient (Wildman–Crippen LogP) is -0.941. The predicted molar refractivity (Wildman–Crippen MR) is 60.3 cm³/mol. The summed E-state index contributed by atoms with van der Waals surface area (Å²) in [7, 11) is 0. The maximum absolute atomic E-state index is 10.6. The third kappa shape index (κ3) is 1.70. The fourth-order valence-corrected chi connectivity index (χ4v) is 5.15. The highest BCUT2D eigenvalue weighted by Gasteiger charge is 2.58. The van der Waals surface area contributed by atoms with Crippen molar-refractivity contribution in [2.45, 2.75) is 63.5 Å². The van der Waals surface area contributed by atoms with Gasteiger partial charge in [0.2, 0.25) is 0 Å². The van der Waals surface area contributed by atoms with Crippen molar-refractivity contribution in [3.05, 3.63) is 0 Å². The summed E-state index contributed by atoms with van der Waals surface area (Å²) in [5, 5.41) is 10.6. The van der Waals surface area contributed by atoms with Gasteiger partial charge in [0.25, 0.3) is 0 Å². The maximum Gasteiger partial charge on any atom is 0.0659 e. The van der Waals surface area contributed by atoms with Crippen LogP contribution >= 0.6 is 0 Å². The van der Waals surface area contributed by atoms with E-state index < -0.39 is 0 Å². The molecule has 0 spiro atoms. The van der Waals surface area contributed by atoms with Crippen molar-refractivity contribution < 1.29 is 17.5 Å². The SMILES string of the molecule is CCC(N)C12CC3CC(CC(O)(C3)C1)C2.[Cl-]. The van der Waals surface area contributed by atoms with E-state index in [9.17, 15) is 5.11 Å². The van der Waals surface area contributed by atoms with E-state index in [2.05, 4.69) is 6.92 Å². The zero-order valence-electron chi connectivity index (χ0n) is 10.1. The first-order valence-electron chi connectivity index (χ1n) is 6.53. The van der Waals surface area contributed by atoms with E-state index in [4.69, 9.17) is 5.73 Å². The Morgan fingerprint density at radius 2 is 1.81 bits per heavy atom. The van der Waals surface area contributed by atoms with Crippen molar-refractivity contribution in [1.29, 1.82) is 0 Å².